The number of hydrogen-bond acceptors (Lipinski definition) is 4. The van der Waals surface area contributed by atoms with E-state index in [2.05, 4.69) is 12.1 Å². The van der Waals surface area contributed by atoms with Crippen LogP contribution in [0.15, 0.2) is 42.5 Å². The number of benzene rings is 1. The van der Waals surface area contributed by atoms with Crippen molar-refractivity contribution in [2.45, 2.75) is 25.0 Å². The van der Waals surface area contributed by atoms with Crippen molar-refractivity contribution in [1.82, 2.24) is 4.90 Å². The third kappa shape index (κ3) is 2.26. The first kappa shape index (κ1) is 15.4. The number of rotatable bonds is 5. The fraction of sp³-hybridized carbons (Fsp3) is 0.474. The van der Waals surface area contributed by atoms with E-state index in [4.69, 9.17) is 9.47 Å². The predicted octanol–water partition coefficient (Wildman–Crippen LogP) is 1.57. The highest BCUT2D eigenvalue weighted by Crippen LogP contribution is 2.52. The summed E-state index contributed by atoms with van der Waals surface area (Å²) < 4.78 is 11.2. The zero-order valence-electron chi connectivity index (χ0n) is 13.7. The molecule has 0 aromatic heterocycles. The van der Waals surface area contributed by atoms with Crippen LogP contribution in [0.5, 0.6) is 0 Å². The van der Waals surface area contributed by atoms with Crippen molar-refractivity contribution in [3.63, 3.8) is 0 Å². The molecule has 0 unspecified atom stereocenters. The molecule has 1 aromatic carbocycles. The molecule has 24 heavy (non-hydrogen) atoms. The molecule has 0 saturated carbocycles. The van der Waals surface area contributed by atoms with Crippen molar-refractivity contribution in [1.29, 1.82) is 0 Å². The number of amides is 1. The Morgan fingerprint density at radius 1 is 1.38 bits per heavy atom. The molecule has 2 fully saturated rings. The Morgan fingerprint density at radius 2 is 2.17 bits per heavy atom. The van der Waals surface area contributed by atoms with Crippen LogP contribution in [0.3, 0.4) is 0 Å². The average molecular weight is 327 g/mol. The van der Waals surface area contributed by atoms with E-state index in [-0.39, 0.29) is 18.0 Å². The van der Waals surface area contributed by atoms with Gasteiger partial charge in [0.05, 0.1) is 25.2 Å². The summed E-state index contributed by atoms with van der Waals surface area (Å²) in [4.78, 5) is 27.0. The summed E-state index contributed by atoms with van der Waals surface area (Å²) in [6.07, 6.45) is 4.35. The van der Waals surface area contributed by atoms with Crippen LogP contribution in [0.2, 0.25) is 0 Å². The Hall–Kier alpha value is -2.14. The first-order valence-corrected chi connectivity index (χ1v) is 8.51. The summed E-state index contributed by atoms with van der Waals surface area (Å²) in [6, 6.07) is 10.1. The van der Waals surface area contributed by atoms with Gasteiger partial charge in [-0.1, -0.05) is 42.5 Å². The van der Waals surface area contributed by atoms with Crippen molar-refractivity contribution >= 4 is 11.9 Å². The molecule has 126 valence electrons. The largest absolute Gasteiger partial charge is 0.466 e. The smallest absolute Gasteiger partial charge is 0.312 e. The number of ether oxygens (including phenoxy) is 2. The van der Waals surface area contributed by atoms with Gasteiger partial charge in [-0.2, -0.15) is 0 Å². The van der Waals surface area contributed by atoms with E-state index >= 15 is 0 Å². The lowest BCUT2D eigenvalue weighted by Gasteiger charge is -2.22. The molecule has 3 aliphatic rings. The van der Waals surface area contributed by atoms with E-state index in [1.54, 1.807) is 6.92 Å². The van der Waals surface area contributed by atoms with E-state index < -0.39 is 17.4 Å². The molecule has 1 aromatic rings. The molecular weight excluding hydrogens is 306 g/mol. The summed E-state index contributed by atoms with van der Waals surface area (Å²) in [6.45, 7) is 3.25. The van der Waals surface area contributed by atoms with Gasteiger partial charge in [0.15, 0.2) is 0 Å². The summed E-state index contributed by atoms with van der Waals surface area (Å²) in [5.41, 5.74) is 0.554. The van der Waals surface area contributed by atoms with Crippen LogP contribution in [0.25, 0.3) is 0 Å². The van der Waals surface area contributed by atoms with E-state index in [1.807, 2.05) is 35.3 Å². The second-order valence-electron chi connectivity index (χ2n) is 6.65. The third-order valence-electron chi connectivity index (χ3n) is 5.25. The van der Waals surface area contributed by atoms with Crippen LogP contribution < -0.4 is 0 Å². The van der Waals surface area contributed by atoms with Crippen molar-refractivity contribution in [3.05, 3.63) is 48.0 Å². The SMILES string of the molecule is CCOC(=O)[C@@H]1[C@@H]2C=C[C@]3(CN(CCc4ccccc4)C(=O)[C@H]13)O2. The van der Waals surface area contributed by atoms with E-state index in [1.165, 1.54) is 5.56 Å². The van der Waals surface area contributed by atoms with Crippen LogP contribution in [-0.2, 0) is 25.5 Å². The van der Waals surface area contributed by atoms with Crippen molar-refractivity contribution in [3.8, 4) is 0 Å². The van der Waals surface area contributed by atoms with Gasteiger partial charge in [-0.3, -0.25) is 9.59 Å². The van der Waals surface area contributed by atoms with Crippen LogP contribution >= 0.6 is 0 Å². The number of esters is 1. The van der Waals surface area contributed by atoms with Crippen molar-refractivity contribution in [2.24, 2.45) is 11.8 Å². The molecule has 0 N–H and O–H groups in total. The lowest BCUT2D eigenvalue weighted by atomic mass is 9.77. The number of carbonyl (C=O) groups excluding carboxylic acids is 2. The average Bonchev–Trinajstić information content (AvgIpc) is 3.22. The molecule has 2 saturated heterocycles. The normalized spacial score (nSPS) is 33.1. The van der Waals surface area contributed by atoms with Crippen molar-refractivity contribution < 1.29 is 19.1 Å². The molecule has 0 radical (unpaired) electrons. The molecule has 2 bridgehead atoms. The van der Waals surface area contributed by atoms with Crippen LogP contribution in [0, 0.1) is 11.8 Å². The Kier molecular flexibility index (Phi) is 3.68. The lowest BCUT2D eigenvalue weighted by molar-refractivity contribution is -0.153. The second kappa shape index (κ2) is 5.74. The monoisotopic (exact) mass is 327 g/mol. The Labute approximate surface area is 141 Å². The molecule has 3 heterocycles. The van der Waals surface area contributed by atoms with E-state index in [9.17, 15) is 9.59 Å². The summed E-state index contributed by atoms with van der Waals surface area (Å²) in [5, 5.41) is 0. The van der Waals surface area contributed by atoms with Gasteiger partial charge < -0.3 is 14.4 Å². The molecule has 1 spiro atoms. The summed E-state index contributed by atoms with van der Waals surface area (Å²) in [7, 11) is 0. The second-order valence-corrected chi connectivity index (χ2v) is 6.65. The Bertz CT molecular complexity index is 686. The maximum absolute atomic E-state index is 12.9. The zero-order valence-corrected chi connectivity index (χ0v) is 13.7. The minimum atomic E-state index is -0.643. The van der Waals surface area contributed by atoms with Gasteiger partial charge in [0.1, 0.15) is 11.5 Å². The topological polar surface area (TPSA) is 55.8 Å². The highest BCUT2D eigenvalue weighted by atomic mass is 16.6. The Balaban J connectivity index is 1.51. The maximum Gasteiger partial charge on any atom is 0.312 e. The van der Waals surface area contributed by atoms with Gasteiger partial charge in [-0.15, -0.1) is 0 Å². The fourth-order valence-corrected chi connectivity index (χ4v) is 4.18. The first-order chi connectivity index (χ1) is 11.6. The lowest BCUT2D eigenvalue weighted by Crippen LogP contribution is -2.40. The fourth-order valence-electron chi connectivity index (χ4n) is 4.18. The van der Waals surface area contributed by atoms with Crippen molar-refractivity contribution in [2.75, 3.05) is 19.7 Å². The molecule has 3 aliphatic heterocycles. The maximum atomic E-state index is 12.9. The summed E-state index contributed by atoms with van der Waals surface area (Å²) >= 11 is 0. The van der Waals surface area contributed by atoms with E-state index in [0.29, 0.717) is 19.7 Å². The van der Waals surface area contributed by atoms with Crippen LogP contribution in [-0.4, -0.2) is 48.2 Å². The highest BCUT2D eigenvalue weighted by Gasteiger charge is 2.67. The number of fused-ring (bicyclic) bond motifs is 1. The molecular formula is C19H21NO4. The highest BCUT2D eigenvalue weighted by molar-refractivity contribution is 5.91. The third-order valence-corrected chi connectivity index (χ3v) is 5.25. The van der Waals surface area contributed by atoms with Gasteiger partial charge in [0.25, 0.3) is 0 Å². The number of nitrogens with zero attached hydrogens (tertiary/aromatic N) is 1. The van der Waals surface area contributed by atoms with Gasteiger partial charge in [0, 0.05) is 6.54 Å². The molecule has 5 nitrogen and oxygen atoms in total. The quantitative estimate of drug-likeness (QED) is 0.608. The number of hydrogen-bond donors (Lipinski definition) is 0. The minimum Gasteiger partial charge on any atom is -0.466 e. The van der Waals surface area contributed by atoms with E-state index in [0.717, 1.165) is 6.42 Å². The van der Waals surface area contributed by atoms with Crippen LogP contribution in [0.4, 0.5) is 0 Å². The summed E-state index contributed by atoms with van der Waals surface area (Å²) in [5.74, 6) is -1.26. The van der Waals surface area contributed by atoms with Gasteiger partial charge in [-0.25, -0.2) is 0 Å². The molecule has 4 rings (SSSR count). The number of carbonyl (C=O) groups is 2. The van der Waals surface area contributed by atoms with Gasteiger partial charge >= 0.3 is 5.97 Å². The standard InChI is InChI=1S/C19H21NO4/c1-2-23-18(22)15-14-8-10-19(24-14)12-20(17(21)16(15)19)11-9-13-6-4-3-5-7-13/h3-8,10,14-16H,2,9,11-12H2,1H3/t14-,15+,16-,19+/m0/s1. The molecule has 0 aliphatic carbocycles. The number of likely N-dealkylation sites (tertiary alicyclic amines) is 1. The first-order valence-electron chi connectivity index (χ1n) is 8.51. The Morgan fingerprint density at radius 3 is 2.92 bits per heavy atom. The van der Waals surface area contributed by atoms with Gasteiger partial charge in [0.2, 0.25) is 5.91 Å². The minimum absolute atomic E-state index is 0.0100. The zero-order chi connectivity index (χ0) is 16.7. The van der Waals surface area contributed by atoms with Gasteiger partial charge in [-0.05, 0) is 18.9 Å². The molecule has 4 atom stereocenters. The van der Waals surface area contributed by atoms with Crippen LogP contribution in [0.1, 0.15) is 12.5 Å². The predicted molar refractivity (Wildman–Crippen MR) is 87.1 cm³/mol. The molecule has 5 heteroatoms. The molecule has 1 amide bonds.